The summed E-state index contributed by atoms with van der Waals surface area (Å²) in [5.74, 6) is 0.945. The zero-order valence-corrected chi connectivity index (χ0v) is 12.5. The smallest absolute Gasteiger partial charge is 0.168 e. The van der Waals surface area contributed by atoms with E-state index in [0.29, 0.717) is 6.04 Å². The van der Waals surface area contributed by atoms with E-state index in [1.54, 1.807) is 6.33 Å². The molecule has 0 amide bonds. The second kappa shape index (κ2) is 5.38. The second-order valence-electron chi connectivity index (χ2n) is 5.58. The fourth-order valence-corrected chi connectivity index (χ4v) is 3.01. The van der Waals surface area contributed by atoms with Gasteiger partial charge in [-0.05, 0) is 25.1 Å². The number of likely N-dealkylation sites (N-methyl/N-ethyl adjacent to an activating group) is 1. The highest BCUT2D eigenvalue weighted by atomic mass is 15.3. The number of nitrogens with one attached hydrogen (secondary N) is 1. The molecule has 22 heavy (non-hydrogen) atoms. The molecule has 1 unspecified atom stereocenters. The lowest BCUT2D eigenvalue weighted by atomic mass is 10.2. The third-order valence-corrected chi connectivity index (χ3v) is 4.26. The average Bonchev–Trinajstić information content (AvgIpc) is 3.24. The number of para-hydroxylation sites is 1. The van der Waals surface area contributed by atoms with Gasteiger partial charge in [0.25, 0.3) is 0 Å². The van der Waals surface area contributed by atoms with E-state index in [2.05, 4.69) is 32.3 Å². The molecule has 3 aromatic rings. The Bertz CT molecular complexity index is 776. The molecule has 1 aliphatic heterocycles. The minimum atomic E-state index is 0.471. The van der Waals surface area contributed by atoms with E-state index in [4.69, 9.17) is 0 Å². The van der Waals surface area contributed by atoms with Gasteiger partial charge in [-0.3, -0.25) is 0 Å². The van der Waals surface area contributed by atoms with Crippen LogP contribution in [0.1, 0.15) is 6.42 Å². The summed E-state index contributed by atoms with van der Waals surface area (Å²) in [7, 11) is 2.10. The van der Waals surface area contributed by atoms with Gasteiger partial charge in [-0.1, -0.05) is 18.2 Å². The molecule has 1 fully saturated rings. The second-order valence-corrected chi connectivity index (χ2v) is 5.58. The number of fused-ring (bicyclic) bond motifs is 1. The molecule has 6 nitrogen and oxygen atoms in total. The quantitative estimate of drug-likeness (QED) is 0.795. The maximum absolute atomic E-state index is 4.51. The van der Waals surface area contributed by atoms with E-state index >= 15 is 0 Å². The molecule has 1 atom stereocenters. The highest BCUT2D eigenvalue weighted by Crippen LogP contribution is 2.26. The Labute approximate surface area is 128 Å². The summed E-state index contributed by atoms with van der Waals surface area (Å²) >= 11 is 0. The summed E-state index contributed by atoms with van der Waals surface area (Å²) in [6.45, 7) is 2.06. The number of anilines is 1. The first-order chi connectivity index (χ1) is 10.8. The summed E-state index contributed by atoms with van der Waals surface area (Å²) in [4.78, 5) is 11.2. The number of hydrogen-bond acceptors (Lipinski definition) is 5. The molecule has 112 valence electrons. The third kappa shape index (κ3) is 2.12. The van der Waals surface area contributed by atoms with Crippen molar-refractivity contribution in [1.82, 2.24) is 25.1 Å². The van der Waals surface area contributed by atoms with E-state index in [0.717, 1.165) is 42.0 Å². The Morgan fingerprint density at radius 3 is 2.86 bits per heavy atom. The van der Waals surface area contributed by atoms with Gasteiger partial charge in [0.2, 0.25) is 0 Å². The maximum Gasteiger partial charge on any atom is 0.168 e. The lowest BCUT2D eigenvalue weighted by Gasteiger charge is -2.25. The summed E-state index contributed by atoms with van der Waals surface area (Å²) in [5, 5.41) is 8.89. The SMILES string of the molecule is CN(c1ncnc2c1cnn2-c1ccccc1)C1CCNC1. The summed E-state index contributed by atoms with van der Waals surface area (Å²) < 4.78 is 1.86. The largest absolute Gasteiger partial charge is 0.355 e. The Morgan fingerprint density at radius 1 is 1.23 bits per heavy atom. The average molecular weight is 294 g/mol. The minimum Gasteiger partial charge on any atom is -0.355 e. The topological polar surface area (TPSA) is 58.9 Å². The molecular formula is C16H18N6. The summed E-state index contributed by atoms with van der Waals surface area (Å²) in [6.07, 6.45) is 4.61. The van der Waals surface area contributed by atoms with Gasteiger partial charge in [-0.2, -0.15) is 5.10 Å². The van der Waals surface area contributed by atoms with Gasteiger partial charge >= 0.3 is 0 Å². The predicted molar refractivity (Wildman–Crippen MR) is 86.3 cm³/mol. The fourth-order valence-electron chi connectivity index (χ4n) is 3.01. The van der Waals surface area contributed by atoms with Gasteiger partial charge in [0.15, 0.2) is 5.65 Å². The molecule has 0 aliphatic carbocycles. The van der Waals surface area contributed by atoms with Crippen LogP contribution in [-0.2, 0) is 0 Å². The van der Waals surface area contributed by atoms with Crippen molar-refractivity contribution >= 4 is 16.9 Å². The number of hydrogen-bond donors (Lipinski definition) is 1. The zero-order chi connectivity index (χ0) is 14.9. The third-order valence-electron chi connectivity index (χ3n) is 4.26. The molecule has 2 aromatic heterocycles. The number of rotatable bonds is 3. The standard InChI is InChI=1S/C16H18N6/c1-21(13-7-8-17-9-13)15-14-10-20-22(16(14)19-11-18-15)12-5-3-2-4-6-12/h2-6,10-11,13,17H,7-9H2,1H3. The number of nitrogens with zero attached hydrogens (tertiary/aromatic N) is 5. The van der Waals surface area contributed by atoms with E-state index in [1.165, 1.54) is 0 Å². The molecule has 3 heterocycles. The molecule has 1 aromatic carbocycles. The predicted octanol–water partition coefficient (Wildman–Crippen LogP) is 1.61. The first-order valence-electron chi connectivity index (χ1n) is 7.52. The highest BCUT2D eigenvalue weighted by molar-refractivity contribution is 5.87. The van der Waals surface area contributed by atoms with Crippen LogP contribution in [0.15, 0.2) is 42.9 Å². The molecule has 1 saturated heterocycles. The lowest BCUT2D eigenvalue weighted by molar-refractivity contribution is 0.679. The van der Waals surface area contributed by atoms with Crippen molar-refractivity contribution < 1.29 is 0 Å². The highest BCUT2D eigenvalue weighted by Gasteiger charge is 2.23. The van der Waals surface area contributed by atoms with Crippen LogP contribution in [-0.4, -0.2) is 45.9 Å². The van der Waals surface area contributed by atoms with E-state index in [1.807, 2.05) is 41.2 Å². The molecule has 1 N–H and O–H groups in total. The first-order valence-corrected chi connectivity index (χ1v) is 7.52. The summed E-state index contributed by atoms with van der Waals surface area (Å²) in [5.41, 5.74) is 1.85. The van der Waals surface area contributed by atoms with Crippen LogP contribution in [0.4, 0.5) is 5.82 Å². The molecule has 4 rings (SSSR count). The van der Waals surface area contributed by atoms with Crippen molar-refractivity contribution in [3.8, 4) is 5.69 Å². The molecular weight excluding hydrogens is 276 g/mol. The van der Waals surface area contributed by atoms with Gasteiger partial charge in [0.1, 0.15) is 12.1 Å². The van der Waals surface area contributed by atoms with Crippen LogP contribution < -0.4 is 10.2 Å². The van der Waals surface area contributed by atoms with Gasteiger partial charge in [0.05, 0.1) is 17.3 Å². The molecule has 0 spiro atoms. The van der Waals surface area contributed by atoms with Crippen molar-refractivity contribution in [2.75, 3.05) is 25.0 Å². The van der Waals surface area contributed by atoms with Gasteiger partial charge in [0, 0.05) is 19.6 Å². The van der Waals surface area contributed by atoms with Crippen LogP contribution in [0.3, 0.4) is 0 Å². The van der Waals surface area contributed by atoms with Crippen molar-refractivity contribution in [2.45, 2.75) is 12.5 Å². The molecule has 0 saturated carbocycles. The monoisotopic (exact) mass is 294 g/mol. The Hall–Kier alpha value is -2.47. The zero-order valence-electron chi connectivity index (χ0n) is 12.5. The normalized spacial score (nSPS) is 18.0. The Morgan fingerprint density at radius 2 is 2.09 bits per heavy atom. The van der Waals surface area contributed by atoms with Gasteiger partial charge in [-0.25, -0.2) is 14.6 Å². The van der Waals surface area contributed by atoms with E-state index in [9.17, 15) is 0 Å². The van der Waals surface area contributed by atoms with Crippen molar-refractivity contribution in [2.24, 2.45) is 0 Å². The van der Waals surface area contributed by atoms with Gasteiger partial charge in [-0.15, -0.1) is 0 Å². The Kier molecular flexibility index (Phi) is 3.23. The number of aromatic nitrogens is 4. The fraction of sp³-hybridized carbons (Fsp3) is 0.312. The number of benzene rings is 1. The van der Waals surface area contributed by atoms with Crippen LogP contribution in [0.25, 0.3) is 16.7 Å². The molecule has 1 aliphatic rings. The molecule has 0 bridgehead atoms. The van der Waals surface area contributed by atoms with Crippen LogP contribution in [0.5, 0.6) is 0 Å². The lowest BCUT2D eigenvalue weighted by Crippen LogP contribution is -2.34. The first kappa shape index (κ1) is 13.2. The Balaban J connectivity index is 1.80. The maximum atomic E-state index is 4.51. The van der Waals surface area contributed by atoms with E-state index in [-0.39, 0.29) is 0 Å². The van der Waals surface area contributed by atoms with Crippen molar-refractivity contribution in [3.63, 3.8) is 0 Å². The van der Waals surface area contributed by atoms with E-state index < -0.39 is 0 Å². The summed E-state index contributed by atoms with van der Waals surface area (Å²) in [6, 6.07) is 10.5. The van der Waals surface area contributed by atoms with Gasteiger partial charge < -0.3 is 10.2 Å². The molecule has 0 radical (unpaired) electrons. The van der Waals surface area contributed by atoms with Crippen molar-refractivity contribution in [1.29, 1.82) is 0 Å². The van der Waals surface area contributed by atoms with Crippen LogP contribution in [0.2, 0.25) is 0 Å². The molecule has 6 heteroatoms. The van der Waals surface area contributed by atoms with Crippen LogP contribution in [0, 0.1) is 0 Å². The minimum absolute atomic E-state index is 0.471. The van der Waals surface area contributed by atoms with Crippen molar-refractivity contribution in [3.05, 3.63) is 42.9 Å². The van der Waals surface area contributed by atoms with Crippen LogP contribution >= 0.6 is 0 Å².